The van der Waals surface area contributed by atoms with E-state index in [2.05, 4.69) is 27.7 Å². The van der Waals surface area contributed by atoms with E-state index in [1.54, 1.807) is 8.87 Å². The van der Waals surface area contributed by atoms with Crippen molar-refractivity contribution in [1.82, 2.24) is 0 Å². The summed E-state index contributed by atoms with van der Waals surface area (Å²) in [6.45, 7) is 12.5. The van der Waals surface area contributed by atoms with Gasteiger partial charge in [-0.25, -0.2) is 0 Å². The van der Waals surface area contributed by atoms with Crippen molar-refractivity contribution >= 4 is 33.1 Å². The van der Waals surface area contributed by atoms with Gasteiger partial charge in [0.15, 0.2) is 0 Å². The first-order chi connectivity index (χ1) is 13.6. The van der Waals surface area contributed by atoms with Crippen molar-refractivity contribution in [1.29, 1.82) is 0 Å². The van der Waals surface area contributed by atoms with Crippen molar-refractivity contribution in [2.24, 2.45) is 17.3 Å². The fourth-order valence-corrected chi connectivity index (χ4v) is 8.77. The van der Waals surface area contributed by atoms with E-state index < -0.39 is 17.4 Å². The summed E-state index contributed by atoms with van der Waals surface area (Å²) < 4.78 is 3.31. The number of unbranched alkanes of at least 4 members (excludes halogenated alkanes) is 2. The minimum atomic E-state index is -1.15. The van der Waals surface area contributed by atoms with Crippen LogP contribution in [0.3, 0.4) is 0 Å². The number of carboxylic acids is 2. The van der Waals surface area contributed by atoms with Gasteiger partial charge in [0, 0.05) is 17.4 Å². The molecule has 0 saturated carbocycles. The predicted molar refractivity (Wildman–Crippen MR) is 120 cm³/mol. The van der Waals surface area contributed by atoms with Crippen LogP contribution in [0, 0.1) is 17.3 Å². The maximum absolute atomic E-state index is 10.4. The molecule has 0 spiro atoms. The van der Waals surface area contributed by atoms with Crippen LogP contribution in [0.5, 0.6) is 0 Å². The molecule has 0 heterocycles. The van der Waals surface area contributed by atoms with Crippen LogP contribution >= 0.6 is 0 Å². The fourth-order valence-electron chi connectivity index (χ4n) is 3.15. The van der Waals surface area contributed by atoms with Gasteiger partial charge in [0.05, 0.1) is 0 Å². The van der Waals surface area contributed by atoms with Gasteiger partial charge in [-0.2, -0.15) is 0 Å². The SMILES string of the molecule is CC(C)(CCCC(=O)[O-])C(=O)[O-].CCCCC(CC)[CH2][Sn+2][CH2]C(CC)CCCC. The molecule has 0 saturated heterocycles. The van der Waals surface area contributed by atoms with E-state index in [0.717, 1.165) is 11.8 Å². The fraction of sp³-hybridized carbons (Fsp3) is 0.917. The molecule has 0 radical (unpaired) electrons. The van der Waals surface area contributed by atoms with E-state index in [1.807, 2.05) is 0 Å². The maximum atomic E-state index is 10.4. The van der Waals surface area contributed by atoms with Crippen molar-refractivity contribution < 1.29 is 19.8 Å². The number of hydrogen-bond acceptors (Lipinski definition) is 4. The van der Waals surface area contributed by atoms with E-state index in [4.69, 9.17) is 0 Å². The summed E-state index contributed by atoms with van der Waals surface area (Å²) in [4.78, 5) is 20.4. The summed E-state index contributed by atoms with van der Waals surface area (Å²) in [5.74, 6) is -0.125. The molecule has 170 valence electrons. The van der Waals surface area contributed by atoms with E-state index in [0.29, 0.717) is 12.8 Å². The number of rotatable bonds is 17. The summed E-state index contributed by atoms with van der Waals surface area (Å²) in [6, 6.07) is 0. The van der Waals surface area contributed by atoms with Crippen LogP contribution in [0.2, 0.25) is 8.87 Å². The number of hydrogen-bond donors (Lipinski definition) is 0. The van der Waals surface area contributed by atoms with Gasteiger partial charge in [0.1, 0.15) is 0 Å². The number of carbonyl (C=O) groups excluding carboxylic acids is 2. The molecule has 0 aliphatic heterocycles. The van der Waals surface area contributed by atoms with E-state index in [1.165, 1.54) is 65.2 Å². The molecule has 0 aliphatic rings. The summed E-state index contributed by atoms with van der Waals surface area (Å²) in [7, 11) is 0. The average Bonchev–Trinajstić information content (AvgIpc) is 2.66. The van der Waals surface area contributed by atoms with Crippen molar-refractivity contribution in [3.8, 4) is 0 Å². The molecule has 0 amide bonds. The zero-order chi connectivity index (χ0) is 22.7. The topological polar surface area (TPSA) is 80.3 Å². The second kappa shape index (κ2) is 19.7. The molecule has 4 nitrogen and oxygen atoms in total. The first-order valence-electron chi connectivity index (χ1n) is 11.8. The molecule has 0 fully saturated rings. The molecule has 0 aromatic heterocycles. The van der Waals surface area contributed by atoms with Gasteiger partial charge >= 0.3 is 121 Å². The van der Waals surface area contributed by atoms with Crippen molar-refractivity contribution in [3.63, 3.8) is 0 Å². The quantitative estimate of drug-likeness (QED) is 0.264. The molecule has 0 bridgehead atoms. The van der Waals surface area contributed by atoms with Gasteiger partial charge in [-0.05, 0) is 19.3 Å². The van der Waals surface area contributed by atoms with Gasteiger partial charge in [-0.3, -0.25) is 0 Å². The number of aliphatic carboxylic acids is 2. The van der Waals surface area contributed by atoms with Crippen LogP contribution in [0.1, 0.15) is 112 Å². The molecular weight excluding hydrogens is 471 g/mol. The standard InChI is InChI=1S/C8H14O4.2C8H17.Sn/c1-8(2,7(11)12)5-3-4-6(9)10;2*1-4-6-7-8(3)5-2;/h3-5H2,1-2H3,(H,9,10)(H,11,12);2*8H,3-7H2,1-2H3;/q;;;+2/p-2. The summed E-state index contributed by atoms with van der Waals surface area (Å²) in [6.07, 6.45) is 12.1. The van der Waals surface area contributed by atoms with Gasteiger partial charge in [0.25, 0.3) is 0 Å². The summed E-state index contributed by atoms with van der Waals surface area (Å²) in [5, 5.41) is 20.4. The van der Waals surface area contributed by atoms with Crippen molar-refractivity contribution in [2.45, 2.75) is 121 Å². The normalized spacial score (nSPS) is 13.0. The van der Waals surface area contributed by atoms with Gasteiger partial charge in [-0.1, -0.05) is 13.8 Å². The third-order valence-electron chi connectivity index (χ3n) is 5.69. The van der Waals surface area contributed by atoms with E-state index >= 15 is 0 Å². The molecule has 5 heteroatoms. The van der Waals surface area contributed by atoms with E-state index in [9.17, 15) is 19.8 Å². The Hall–Kier alpha value is -0.261. The molecule has 0 aromatic carbocycles. The van der Waals surface area contributed by atoms with Crippen molar-refractivity contribution in [2.75, 3.05) is 0 Å². The Morgan fingerprint density at radius 2 is 1.28 bits per heavy atom. The molecular formula is C24H46O4Sn. The third kappa shape index (κ3) is 19.4. The van der Waals surface area contributed by atoms with Crippen LogP contribution in [0.15, 0.2) is 0 Å². The Kier molecular flexibility index (Phi) is 21.0. The molecule has 0 aromatic rings. The third-order valence-corrected chi connectivity index (χ3v) is 10.6. The Morgan fingerprint density at radius 1 is 0.828 bits per heavy atom. The van der Waals surface area contributed by atoms with E-state index in [-0.39, 0.29) is 27.6 Å². The Labute approximate surface area is 190 Å². The number of carboxylic acid groups (broad SMARTS) is 2. The first-order valence-corrected chi connectivity index (χ1v) is 15.8. The second-order valence-electron chi connectivity index (χ2n) is 8.89. The van der Waals surface area contributed by atoms with Crippen LogP contribution in [0.25, 0.3) is 0 Å². The zero-order valence-corrected chi connectivity index (χ0v) is 22.8. The monoisotopic (exact) mass is 518 g/mol. The van der Waals surface area contributed by atoms with Crippen molar-refractivity contribution in [3.05, 3.63) is 0 Å². The zero-order valence-electron chi connectivity index (χ0n) is 20.0. The summed E-state index contributed by atoms with van der Waals surface area (Å²) >= 11 is -0.0388. The average molecular weight is 517 g/mol. The first kappa shape index (κ1) is 30.9. The second-order valence-corrected chi connectivity index (χ2v) is 12.6. The van der Waals surface area contributed by atoms with Gasteiger partial charge < -0.3 is 19.8 Å². The predicted octanol–water partition coefficient (Wildman–Crippen LogP) is 4.64. The molecule has 0 rings (SSSR count). The Balaban J connectivity index is 0. The molecule has 29 heavy (non-hydrogen) atoms. The summed E-state index contributed by atoms with van der Waals surface area (Å²) in [5.41, 5.74) is -0.949. The molecule has 2 unspecified atom stereocenters. The number of carbonyl (C=O) groups is 2. The van der Waals surface area contributed by atoms with Crippen LogP contribution < -0.4 is 10.2 Å². The van der Waals surface area contributed by atoms with Crippen LogP contribution in [0.4, 0.5) is 0 Å². The Bertz CT molecular complexity index is 394. The minimum absolute atomic E-state index is 0.0388. The molecule has 0 aliphatic carbocycles. The van der Waals surface area contributed by atoms with Crippen LogP contribution in [-0.2, 0) is 9.59 Å². The van der Waals surface area contributed by atoms with Crippen LogP contribution in [-0.4, -0.2) is 33.1 Å². The molecule has 2 atom stereocenters. The van der Waals surface area contributed by atoms with Gasteiger partial charge in [-0.15, -0.1) is 0 Å². The molecule has 0 N–H and O–H groups in total. The van der Waals surface area contributed by atoms with Gasteiger partial charge in [0.2, 0.25) is 0 Å². The Morgan fingerprint density at radius 3 is 1.59 bits per heavy atom.